The van der Waals surface area contributed by atoms with Crippen LogP contribution in [0, 0.1) is 0 Å². The van der Waals surface area contributed by atoms with Gasteiger partial charge >= 0.3 is 0 Å². The van der Waals surface area contributed by atoms with Crippen LogP contribution in [0.25, 0.3) is 0 Å². The molecule has 0 aromatic heterocycles. The highest BCUT2D eigenvalue weighted by Gasteiger charge is 2.26. The van der Waals surface area contributed by atoms with E-state index in [0.29, 0.717) is 29.5 Å². The molecule has 0 atom stereocenters. The van der Waals surface area contributed by atoms with Crippen molar-refractivity contribution in [2.24, 2.45) is 0 Å². The third kappa shape index (κ3) is 5.00. The Morgan fingerprint density at radius 3 is 2.50 bits per heavy atom. The second kappa shape index (κ2) is 9.17. The monoisotopic (exact) mass is 440 g/mol. The van der Waals surface area contributed by atoms with Crippen LogP contribution in [0.5, 0.6) is 5.75 Å². The van der Waals surface area contributed by atoms with E-state index >= 15 is 0 Å². The minimum atomic E-state index is -3.42. The van der Waals surface area contributed by atoms with Crippen molar-refractivity contribution >= 4 is 45.0 Å². The number of rotatable bonds is 7. The number of anilines is 1. The molecule has 1 amide bonds. The topological polar surface area (TPSA) is 75.7 Å². The van der Waals surface area contributed by atoms with Gasteiger partial charge < -0.3 is 10.1 Å². The van der Waals surface area contributed by atoms with Crippen molar-refractivity contribution in [2.45, 2.75) is 22.6 Å². The van der Waals surface area contributed by atoms with E-state index in [1.807, 2.05) is 0 Å². The maximum Gasteiger partial charge on any atom is 0.243 e. The molecule has 1 fully saturated rings. The van der Waals surface area contributed by atoms with Crippen LogP contribution in [0.15, 0.2) is 52.3 Å². The number of ether oxygens (including phenoxy) is 1. The second-order valence-corrected chi connectivity index (χ2v) is 9.69. The van der Waals surface area contributed by atoms with Gasteiger partial charge in [0, 0.05) is 23.0 Å². The predicted molar refractivity (Wildman–Crippen MR) is 112 cm³/mol. The molecule has 6 nitrogen and oxygen atoms in total. The molecular formula is C19H21ClN2O4S2. The molecule has 3 rings (SSSR count). The van der Waals surface area contributed by atoms with E-state index in [9.17, 15) is 13.2 Å². The zero-order chi connectivity index (χ0) is 20.1. The number of benzene rings is 2. The zero-order valence-corrected chi connectivity index (χ0v) is 17.7. The lowest BCUT2D eigenvalue weighted by molar-refractivity contribution is -0.113. The number of methoxy groups -OCH3 is 1. The van der Waals surface area contributed by atoms with Crippen molar-refractivity contribution < 1.29 is 17.9 Å². The average Bonchev–Trinajstić information content (AvgIpc) is 3.23. The molecule has 0 bridgehead atoms. The summed E-state index contributed by atoms with van der Waals surface area (Å²) in [6.45, 7) is 1.15. The molecule has 150 valence electrons. The highest BCUT2D eigenvalue weighted by molar-refractivity contribution is 8.00. The predicted octanol–water partition coefficient (Wildman–Crippen LogP) is 3.86. The SMILES string of the molecule is COc1ccc(Cl)cc1NC(=O)CSc1ccc(S(=O)(=O)N2CCCC2)cc1. The molecule has 0 aliphatic carbocycles. The summed E-state index contributed by atoms with van der Waals surface area (Å²) in [6.07, 6.45) is 1.80. The van der Waals surface area contributed by atoms with Gasteiger partial charge in [-0.2, -0.15) is 4.31 Å². The molecule has 0 spiro atoms. The number of amides is 1. The maximum absolute atomic E-state index is 12.5. The fourth-order valence-electron chi connectivity index (χ4n) is 2.90. The van der Waals surface area contributed by atoms with Gasteiger partial charge in [-0.3, -0.25) is 4.79 Å². The van der Waals surface area contributed by atoms with Crippen molar-refractivity contribution in [2.75, 3.05) is 31.3 Å². The Labute approximate surface area is 174 Å². The van der Waals surface area contributed by atoms with Crippen LogP contribution in [-0.2, 0) is 14.8 Å². The molecule has 2 aromatic carbocycles. The highest BCUT2D eigenvalue weighted by Crippen LogP contribution is 2.28. The van der Waals surface area contributed by atoms with Gasteiger partial charge in [0.2, 0.25) is 15.9 Å². The molecule has 1 aliphatic heterocycles. The van der Waals surface area contributed by atoms with Crippen LogP contribution in [-0.4, -0.2) is 44.6 Å². The Bertz CT molecular complexity index is 943. The number of carbonyl (C=O) groups excluding carboxylic acids is 1. The number of halogens is 1. The minimum absolute atomic E-state index is 0.174. The van der Waals surface area contributed by atoms with Gasteiger partial charge in [-0.05, 0) is 55.3 Å². The molecule has 0 radical (unpaired) electrons. The molecule has 0 saturated carbocycles. The Kier molecular flexibility index (Phi) is 6.87. The van der Waals surface area contributed by atoms with Gasteiger partial charge in [-0.1, -0.05) is 11.6 Å². The van der Waals surface area contributed by atoms with Crippen LogP contribution in [0.4, 0.5) is 5.69 Å². The van der Waals surface area contributed by atoms with Crippen LogP contribution < -0.4 is 10.1 Å². The number of hydrogen-bond donors (Lipinski definition) is 1. The molecular weight excluding hydrogens is 420 g/mol. The zero-order valence-electron chi connectivity index (χ0n) is 15.4. The first-order chi connectivity index (χ1) is 13.4. The lowest BCUT2D eigenvalue weighted by atomic mass is 10.3. The smallest absolute Gasteiger partial charge is 0.243 e. The van der Waals surface area contributed by atoms with Gasteiger partial charge in [-0.25, -0.2) is 8.42 Å². The highest BCUT2D eigenvalue weighted by atomic mass is 35.5. The van der Waals surface area contributed by atoms with E-state index in [0.717, 1.165) is 17.7 Å². The molecule has 9 heteroatoms. The first kappa shape index (κ1) is 21.0. The number of nitrogens with one attached hydrogen (secondary N) is 1. The molecule has 2 aromatic rings. The summed E-state index contributed by atoms with van der Waals surface area (Å²) in [6, 6.07) is 11.6. The van der Waals surface area contributed by atoms with Crippen molar-refractivity contribution in [1.29, 1.82) is 0 Å². The lowest BCUT2D eigenvalue weighted by Crippen LogP contribution is -2.27. The van der Waals surface area contributed by atoms with E-state index in [4.69, 9.17) is 16.3 Å². The summed E-state index contributed by atoms with van der Waals surface area (Å²) in [7, 11) is -1.90. The number of nitrogens with zero attached hydrogens (tertiary/aromatic N) is 1. The van der Waals surface area contributed by atoms with Crippen LogP contribution in [0.1, 0.15) is 12.8 Å². The average molecular weight is 441 g/mol. The van der Waals surface area contributed by atoms with E-state index in [-0.39, 0.29) is 16.6 Å². The molecule has 1 heterocycles. The van der Waals surface area contributed by atoms with E-state index in [2.05, 4.69) is 5.32 Å². The summed E-state index contributed by atoms with van der Waals surface area (Å²) < 4.78 is 31.8. The Morgan fingerprint density at radius 2 is 1.86 bits per heavy atom. The molecule has 1 aliphatic rings. The van der Waals surface area contributed by atoms with Gasteiger partial charge in [0.15, 0.2) is 0 Å². The fourth-order valence-corrected chi connectivity index (χ4v) is 5.29. The normalized spacial score (nSPS) is 14.8. The molecule has 1 saturated heterocycles. The van der Waals surface area contributed by atoms with Gasteiger partial charge in [0.05, 0.1) is 23.4 Å². The second-order valence-electron chi connectivity index (χ2n) is 6.26. The summed E-state index contributed by atoms with van der Waals surface area (Å²) in [5.41, 5.74) is 0.507. The Morgan fingerprint density at radius 1 is 1.18 bits per heavy atom. The van der Waals surface area contributed by atoms with Crippen LogP contribution in [0.2, 0.25) is 5.02 Å². The van der Waals surface area contributed by atoms with Crippen molar-refractivity contribution in [3.05, 3.63) is 47.5 Å². The quantitative estimate of drug-likeness (QED) is 0.661. The van der Waals surface area contributed by atoms with Crippen LogP contribution >= 0.6 is 23.4 Å². The van der Waals surface area contributed by atoms with Crippen molar-refractivity contribution in [1.82, 2.24) is 4.31 Å². The summed E-state index contributed by atoms with van der Waals surface area (Å²) in [4.78, 5) is 13.3. The van der Waals surface area contributed by atoms with Gasteiger partial charge in [0.25, 0.3) is 0 Å². The van der Waals surface area contributed by atoms with Crippen molar-refractivity contribution in [3.63, 3.8) is 0 Å². The molecule has 0 unspecified atom stereocenters. The Balaban J connectivity index is 1.59. The third-order valence-electron chi connectivity index (χ3n) is 4.33. The standard InChI is InChI=1S/C19H21ClN2O4S2/c1-26-18-9-4-14(20)12-17(18)21-19(23)13-27-15-5-7-16(8-6-15)28(24,25)22-10-2-3-11-22/h4-9,12H,2-3,10-11,13H2,1H3,(H,21,23). The largest absolute Gasteiger partial charge is 0.495 e. The summed E-state index contributed by atoms with van der Waals surface area (Å²) in [5.74, 6) is 0.493. The first-order valence-electron chi connectivity index (χ1n) is 8.76. The van der Waals surface area contributed by atoms with Gasteiger partial charge in [-0.15, -0.1) is 11.8 Å². The third-order valence-corrected chi connectivity index (χ3v) is 7.49. The fraction of sp³-hybridized carbons (Fsp3) is 0.316. The van der Waals surface area contributed by atoms with E-state index < -0.39 is 10.0 Å². The number of thioether (sulfide) groups is 1. The maximum atomic E-state index is 12.5. The van der Waals surface area contributed by atoms with Crippen LogP contribution in [0.3, 0.4) is 0 Å². The first-order valence-corrected chi connectivity index (χ1v) is 11.6. The Hall–Kier alpha value is -1.74. The minimum Gasteiger partial charge on any atom is -0.495 e. The summed E-state index contributed by atoms with van der Waals surface area (Å²) in [5, 5.41) is 3.27. The van der Waals surface area contributed by atoms with Gasteiger partial charge in [0.1, 0.15) is 5.75 Å². The lowest BCUT2D eigenvalue weighted by Gasteiger charge is -2.15. The number of carbonyl (C=O) groups is 1. The van der Waals surface area contributed by atoms with Crippen molar-refractivity contribution in [3.8, 4) is 5.75 Å². The molecule has 1 N–H and O–H groups in total. The number of hydrogen-bond acceptors (Lipinski definition) is 5. The van der Waals surface area contributed by atoms with E-state index in [1.54, 1.807) is 42.5 Å². The number of sulfonamides is 1. The summed E-state index contributed by atoms with van der Waals surface area (Å²) >= 11 is 7.29. The molecule has 28 heavy (non-hydrogen) atoms. The van der Waals surface area contributed by atoms with E-state index in [1.165, 1.54) is 23.2 Å².